The molecule has 96 valence electrons. The van der Waals surface area contributed by atoms with Crippen LogP contribution in [0.1, 0.15) is 25.7 Å². The van der Waals surface area contributed by atoms with Crippen molar-refractivity contribution in [2.45, 2.75) is 31.8 Å². The molecule has 1 fully saturated rings. The second-order valence-corrected chi connectivity index (χ2v) is 5.51. The molecule has 1 aromatic heterocycles. The third-order valence-corrected chi connectivity index (χ3v) is 3.89. The van der Waals surface area contributed by atoms with Crippen molar-refractivity contribution in [1.82, 2.24) is 4.57 Å². The average Bonchev–Trinajstić information content (AvgIpc) is 2.37. The maximum absolute atomic E-state index is 11.6. The molecule has 0 amide bonds. The summed E-state index contributed by atoms with van der Waals surface area (Å²) < 4.78 is 8.13. The molecule has 1 aromatic rings. The van der Waals surface area contributed by atoms with Crippen molar-refractivity contribution in [1.29, 1.82) is 5.26 Å². The minimum atomic E-state index is -0.0843. The molecule has 18 heavy (non-hydrogen) atoms. The van der Waals surface area contributed by atoms with E-state index in [0.717, 1.165) is 30.2 Å². The fraction of sp³-hybridized carbons (Fsp3) is 0.538. The molecule has 5 heteroatoms. The van der Waals surface area contributed by atoms with Crippen LogP contribution < -0.4 is 10.3 Å². The van der Waals surface area contributed by atoms with Gasteiger partial charge in [0.2, 0.25) is 0 Å². The van der Waals surface area contributed by atoms with Gasteiger partial charge in [-0.1, -0.05) is 0 Å². The predicted molar refractivity (Wildman–Crippen MR) is 71.4 cm³/mol. The van der Waals surface area contributed by atoms with E-state index in [2.05, 4.69) is 22.0 Å². The summed E-state index contributed by atoms with van der Waals surface area (Å²) in [6.07, 6.45) is 5.32. The first-order valence-electron chi connectivity index (χ1n) is 6.02. The van der Waals surface area contributed by atoms with Crippen LogP contribution in [0.15, 0.2) is 21.5 Å². The van der Waals surface area contributed by atoms with Crippen molar-refractivity contribution in [3.63, 3.8) is 0 Å². The Bertz CT molecular complexity index is 525. The minimum absolute atomic E-state index is 0.0843. The molecular formula is C13H15BrN2O2. The Morgan fingerprint density at radius 1 is 1.44 bits per heavy atom. The summed E-state index contributed by atoms with van der Waals surface area (Å²) in [6.45, 7) is 0. The summed E-state index contributed by atoms with van der Waals surface area (Å²) in [6, 6.07) is 3.80. The first-order chi connectivity index (χ1) is 8.60. The summed E-state index contributed by atoms with van der Waals surface area (Å²) in [4.78, 5) is 11.6. The van der Waals surface area contributed by atoms with Crippen LogP contribution in [-0.2, 0) is 7.05 Å². The molecule has 2 rings (SSSR count). The average molecular weight is 311 g/mol. The molecular weight excluding hydrogens is 296 g/mol. The van der Waals surface area contributed by atoms with Crippen molar-refractivity contribution in [3.8, 4) is 11.8 Å². The molecule has 0 N–H and O–H groups in total. The predicted octanol–water partition coefficient (Wildman–Crippen LogP) is 2.61. The fourth-order valence-corrected chi connectivity index (χ4v) is 2.67. The van der Waals surface area contributed by atoms with Crippen molar-refractivity contribution < 1.29 is 4.74 Å². The van der Waals surface area contributed by atoms with Gasteiger partial charge in [-0.05, 0) is 41.6 Å². The van der Waals surface area contributed by atoms with Crippen LogP contribution in [0.5, 0.6) is 5.75 Å². The van der Waals surface area contributed by atoms with E-state index in [0.29, 0.717) is 5.75 Å². The third kappa shape index (κ3) is 2.94. The number of pyridine rings is 1. The van der Waals surface area contributed by atoms with Crippen LogP contribution in [0, 0.1) is 17.2 Å². The van der Waals surface area contributed by atoms with E-state index in [9.17, 15) is 4.79 Å². The third-order valence-electron chi connectivity index (χ3n) is 3.29. The van der Waals surface area contributed by atoms with Crippen molar-refractivity contribution in [3.05, 3.63) is 27.1 Å². The summed E-state index contributed by atoms with van der Waals surface area (Å²) in [5.74, 6) is 0.760. The lowest BCUT2D eigenvalue weighted by Crippen LogP contribution is -2.25. The van der Waals surface area contributed by atoms with Gasteiger partial charge in [0.25, 0.3) is 5.56 Å². The summed E-state index contributed by atoms with van der Waals surface area (Å²) in [5, 5.41) is 8.84. The van der Waals surface area contributed by atoms with Gasteiger partial charge in [-0.25, -0.2) is 0 Å². The van der Waals surface area contributed by atoms with E-state index >= 15 is 0 Å². The summed E-state index contributed by atoms with van der Waals surface area (Å²) in [7, 11) is 1.70. The lowest BCUT2D eigenvalue weighted by atomic mass is 9.88. The molecule has 0 aliphatic heterocycles. The van der Waals surface area contributed by atoms with E-state index in [4.69, 9.17) is 10.00 Å². The highest BCUT2D eigenvalue weighted by Gasteiger charge is 2.22. The van der Waals surface area contributed by atoms with Gasteiger partial charge in [0.05, 0.1) is 16.6 Å². The van der Waals surface area contributed by atoms with Gasteiger partial charge < -0.3 is 9.30 Å². The Morgan fingerprint density at radius 3 is 2.72 bits per heavy atom. The highest BCUT2D eigenvalue weighted by Crippen LogP contribution is 2.29. The van der Waals surface area contributed by atoms with Gasteiger partial charge in [-0.15, -0.1) is 0 Å². The number of aryl methyl sites for hydroxylation is 1. The van der Waals surface area contributed by atoms with Crippen molar-refractivity contribution in [2.75, 3.05) is 0 Å². The highest BCUT2D eigenvalue weighted by atomic mass is 79.9. The van der Waals surface area contributed by atoms with E-state index in [1.807, 2.05) is 0 Å². The quantitative estimate of drug-likeness (QED) is 0.843. The van der Waals surface area contributed by atoms with E-state index in [-0.39, 0.29) is 17.6 Å². The van der Waals surface area contributed by atoms with Gasteiger partial charge in [0.15, 0.2) is 0 Å². The first kappa shape index (κ1) is 13.2. The Kier molecular flexibility index (Phi) is 4.07. The van der Waals surface area contributed by atoms with Crippen LogP contribution in [0.25, 0.3) is 0 Å². The number of aromatic nitrogens is 1. The second-order valence-electron chi connectivity index (χ2n) is 4.66. The maximum atomic E-state index is 11.6. The minimum Gasteiger partial charge on any atom is -0.489 e. The number of halogens is 1. The molecule has 1 aliphatic carbocycles. The second kappa shape index (κ2) is 5.57. The summed E-state index contributed by atoms with van der Waals surface area (Å²) >= 11 is 3.40. The molecule has 0 spiro atoms. The van der Waals surface area contributed by atoms with E-state index < -0.39 is 0 Å². The maximum Gasteiger partial charge on any atom is 0.254 e. The van der Waals surface area contributed by atoms with Gasteiger partial charge in [-0.2, -0.15) is 5.26 Å². The molecule has 0 bridgehead atoms. The normalized spacial score (nSPS) is 23.4. The number of ether oxygens (including phenoxy) is 1. The van der Waals surface area contributed by atoms with Crippen LogP contribution in [-0.4, -0.2) is 10.7 Å². The number of nitriles is 1. The zero-order chi connectivity index (χ0) is 13.1. The molecule has 4 nitrogen and oxygen atoms in total. The van der Waals surface area contributed by atoms with Crippen molar-refractivity contribution >= 4 is 15.9 Å². The molecule has 1 saturated carbocycles. The Morgan fingerprint density at radius 2 is 2.11 bits per heavy atom. The summed E-state index contributed by atoms with van der Waals surface area (Å²) in [5.41, 5.74) is -0.0843. The molecule has 0 radical (unpaired) electrons. The van der Waals surface area contributed by atoms with Crippen LogP contribution in [0.3, 0.4) is 0 Å². The Labute approximate surface area is 114 Å². The fourth-order valence-electron chi connectivity index (χ4n) is 2.16. The van der Waals surface area contributed by atoms with Gasteiger partial charge in [0.1, 0.15) is 5.75 Å². The number of rotatable bonds is 2. The monoisotopic (exact) mass is 310 g/mol. The molecule has 1 heterocycles. The van der Waals surface area contributed by atoms with E-state index in [1.165, 1.54) is 10.6 Å². The van der Waals surface area contributed by atoms with Gasteiger partial charge in [-0.3, -0.25) is 4.79 Å². The number of hydrogen-bond acceptors (Lipinski definition) is 3. The molecule has 0 unspecified atom stereocenters. The first-order valence-corrected chi connectivity index (χ1v) is 6.82. The Hall–Kier alpha value is -1.28. The highest BCUT2D eigenvalue weighted by molar-refractivity contribution is 9.10. The zero-order valence-corrected chi connectivity index (χ0v) is 11.8. The Balaban J connectivity index is 2.05. The van der Waals surface area contributed by atoms with Gasteiger partial charge >= 0.3 is 0 Å². The molecule has 0 aromatic carbocycles. The van der Waals surface area contributed by atoms with Crippen LogP contribution in [0.2, 0.25) is 0 Å². The topological polar surface area (TPSA) is 55.0 Å². The largest absolute Gasteiger partial charge is 0.489 e. The number of hydrogen-bond donors (Lipinski definition) is 0. The standard InChI is InChI=1S/C13H15BrN2O2/c1-16-8-11(14)12(6-13(16)17)18-10-4-2-9(7-15)3-5-10/h6,8-10H,2-5H2,1H3. The lowest BCUT2D eigenvalue weighted by Gasteiger charge is -2.26. The van der Waals surface area contributed by atoms with Gasteiger partial charge in [0, 0.05) is 25.2 Å². The molecule has 0 saturated heterocycles. The zero-order valence-electron chi connectivity index (χ0n) is 10.2. The van der Waals surface area contributed by atoms with Crippen molar-refractivity contribution in [2.24, 2.45) is 13.0 Å². The van der Waals surface area contributed by atoms with Crippen LogP contribution in [0.4, 0.5) is 0 Å². The smallest absolute Gasteiger partial charge is 0.254 e. The number of nitrogens with zero attached hydrogens (tertiary/aromatic N) is 2. The molecule has 0 atom stereocenters. The van der Waals surface area contributed by atoms with E-state index in [1.54, 1.807) is 13.2 Å². The molecule has 1 aliphatic rings. The lowest BCUT2D eigenvalue weighted by molar-refractivity contribution is 0.141. The SMILES string of the molecule is Cn1cc(Br)c(OC2CCC(C#N)CC2)cc1=O. The van der Waals surface area contributed by atoms with Crippen LogP contribution >= 0.6 is 15.9 Å².